The van der Waals surface area contributed by atoms with E-state index >= 15 is 0 Å². The number of nitrogens with one attached hydrogen (secondary N) is 1. The topological polar surface area (TPSA) is 61.9 Å². The predicted molar refractivity (Wildman–Crippen MR) is 129 cm³/mol. The molecule has 1 heterocycles. The van der Waals surface area contributed by atoms with Crippen molar-refractivity contribution in [3.63, 3.8) is 0 Å². The first-order valence-corrected chi connectivity index (χ1v) is 11.9. The number of hydrogen-bond donors (Lipinski definition) is 1. The summed E-state index contributed by atoms with van der Waals surface area (Å²) in [4.78, 5) is 30.3. The molecule has 1 aliphatic heterocycles. The lowest BCUT2D eigenvalue weighted by Gasteiger charge is -2.45. The van der Waals surface area contributed by atoms with Gasteiger partial charge in [-0.25, -0.2) is 4.79 Å². The molecule has 2 aliphatic rings. The van der Waals surface area contributed by atoms with Gasteiger partial charge in [0.15, 0.2) is 0 Å². The minimum absolute atomic E-state index is 0.0640. The third kappa shape index (κ3) is 5.06. The number of hydrogen-bond acceptors (Lipinski definition) is 4. The second-order valence-electron chi connectivity index (χ2n) is 9.96. The molecule has 1 aliphatic carbocycles. The normalized spacial score (nSPS) is 20.9. The summed E-state index contributed by atoms with van der Waals surface area (Å²) in [5.41, 5.74) is 2.36. The highest BCUT2D eigenvalue weighted by Gasteiger charge is 2.50. The maximum Gasteiger partial charge on any atom is 0.410 e. The molecular weight excluding hydrogens is 414 g/mol. The van der Waals surface area contributed by atoms with Crippen LogP contribution in [-0.2, 0) is 27.9 Å². The molecule has 0 radical (unpaired) electrons. The van der Waals surface area contributed by atoms with Gasteiger partial charge in [-0.1, -0.05) is 54.6 Å². The third-order valence-corrected chi connectivity index (χ3v) is 6.61. The molecule has 176 valence electrons. The highest BCUT2D eigenvalue weighted by atomic mass is 16.6. The van der Waals surface area contributed by atoms with E-state index in [0.29, 0.717) is 32.7 Å². The van der Waals surface area contributed by atoms with Gasteiger partial charge >= 0.3 is 6.09 Å². The summed E-state index contributed by atoms with van der Waals surface area (Å²) in [6, 6.07) is 18.5. The molecule has 0 unspecified atom stereocenters. The number of nitrogens with zero attached hydrogens (tertiary/aromatic N) is 2. The fraction of sp³-hybridized carbons (Fsp3) is 0.481. The smallest absolute Gasteiger partial charge is 0.410 e. The van der Waals surface area contributed by atoms with Crippen LogP contribution >= 0.6 is 0 Å². The van der Waals surface area contributed by atoms with Crippen LogP contribution in [0.25, 0.3) is 0 Å². The van der Waals surface area contributed by atoms with E-state index in [1.807, 2.05) is 51.1 Å². The van der Waals surface area contributed by atoms with Gasteiger partial charge in [0, 0.05) is 32.7 Å². The molecule has 33 heavy (non-hydrogen) atoms. The van der Waals surface area contributed by atoms with Crippen LogP contribution < -0.4 is 5.32 Å². The van der Waals surface area contributed by atoms with E-state index < -0.39 is 11.1 Å². The summed E-state index contributed by atoms with van der Waals surface area (Å²) in [6.07, 6.45) is 2.16. The Labute approximate surface area is 196 Å². The van der Waals surface area contributed by atoms with Crippen molar-refractivity contribution in [1.82, 2.24) is 15.1 Å². The standard InChI is InChI=1S/C27H35N3O3/c1-26(2,3)33-25(32)29-17-19-30(20-18-29)27(15-13-22-11-7-8-12-23(22)27)24(31)28-16-14-21-9-5-4-6-10-21/h4-12H,13-20H2,1-3H3,(H,28,31)/t27-/m0/s1. The van der Waals surface area contributed by atoms with E-state index in [1.54, 1.807) is 4.90 Å². The minimum atomic E-state index is -0.687. The van der Waals surface area contributed by atoms with Crippen LogP contribution in [0.3, 0.4) is 0 Å². The number of carbonyl (C=O) groups is 2. The van der Waals surface area contributed by atoms with Crippen molar-refractivity contribution in [2.75, 3.05) is 32.7 Å². The lowest BCUT2D eigenvalue weighted by Crippen LogP contribution is -2.61. The fourth-order valence-corrected chi connectivity index (χ4v) is 5.01. The SMILES string of the molecule is CC(C)(C)OC(=O)N1CCN([C@@]2(C(=O)NCCc3ccccc3)CCc3ccccc32)CC1. The molecule has 4 rings (SSSR count). The Bertz CT molecular complexity index is 978. The highest BCUT2D eigenvalue weighted by Crippen LogP contribution is 2.42. The van der Waals surface area contributed by atoms with E-state index in [4.69, 9.17) is 4.74 Å². The molecule has 2 amide bonds. The van der Waals surface area contributed by atoms with Gasteiger partial charge in [-0.15, -0.1) is 0 Å². The third-order valence-electron chi connectivity index (χ3n) is 6.61. The maximum atomic E-state index is 13.8. The number of piperazine rings is 1. The zero-order valence-electron chi connectivity index (χ0n) is 20.0. The van der Waals surface area contributed by atoms with Gasteiger partial charge in [-0.05, 0) is 56.7 Å². The zero-order valence-corrected chi connectivity index (χ0v) is 20.0. The second-order valence-corrected chi connectivity index (χ2v) is 9.96. The number of fused-ring (bicyclic) bond motifs is 1. The van der Waals surface area contributed by atoms with Gasteiger partial charge in [0.05, 0.1) is 0 Å². The number of rotatable bonds is 5. The number of ether oxygens (including phenoxy) is 1. The molecule has 6 heteroatoms. The van der Waals surface area contributed by atoms with Crippen LogP contribution in [0, 0.1) is 0 Å². The van der Waals surface area contributed by atoms with Crippen LogP contribution in [0.15, 0.2) is 54.6 Å². The molecule has 1 N–H and O–H groups in total. The van der Waals surface area contributed by atoms with Crippen LogP contribution in [0.4, 0.5) is 4.79 Å². The summed E-state index contributed by atoms with van der Waals surface area (Å²) >= 11 is 0. The fourth-order valence-electron chi connectivity index (χ4n) is 5.01. The first-order chi connectivity index (χ1) is 15.8. The van der Waals surface area contributed by atoms with E-state index in [1.165, 1.54) is 11.1 Å². The van der Waals surface area contributed by atoms with Crippen molar-refractivity contribution in [2.45, 2.75) is 51.2 Å². The quantitative estimate of drug-likeness (QED) is 0.756. The van der Waals surface area contributed by atoms with Crippen molar-refractivity contribution in [2.24, 2.45) is 0 Å². The van der Waals surface area contributed by atoms with Gasteiger partial charge in [0.1, 0.15) is 11.1 Å². The number of aryl methyl sites for hydroxylation is 1. The lowest BCUT2D eigenvalue weighted by molar-refractivity contribution is -0.136. The number of carbonyl (C=O) groups excluding carboxylic acids is 2. The summed E-state index contributed by atoms with van der Waals surface area (Å²) in [6.45, 7) is 8.62. The molecule has 1 saturated heterocycles. The first-order valence-electron chi connectivity index (χ1n) is 11.9. The van der Waals surface area contributed by atoms with E-state index in [9.17, 15) is 9.59 Å². The first kappa shape index (κ1) is 23.3. The minimum Gasteiger partial charge on any atom is -0.444 e. The van der Waals surface area contributed by atoms with E-state index in [2.05, 4.69) is 34.5 Å². The largest absolute Gasteiger partial charge is 0.444 e. The average molecular weight is 450 g/mol. The number of amides is 2. The Morgan fingerprint density at radius 3 is 2.33 bits per heavy atom. The summed E-state index contributed by atoms with van der Waals surface area (Å²) < 4.78 is 5.55. The van der Waals surface area contributed by atoms with Gasteiger partial charge in [0.2, 0.25) is 5.91 Å². The molecule has 6 nitrogen and oxygen atoms in total. The maximum absolute atomic E-state index is 13.8. The number of benzene rings is 2. The molecule has 0 saturated carbocycles. The molecule has 0 bridgehead atoms. The second kappa shape index (κ2) is 9.56. The Morgan fingerprint density at radius 2 is 1.64 bits per heavy atom. The van der Waals surface area contributed by atoms with Gasteiger partial charge in [-0.2, -0.15) is 0 Å². The van der Waals surface area contributed by atoms with Crippen molar-refractivity contribution >= 4 is 12.0 Å². The Morgan fingerprint density at radius 1 is 0.970 bits per heavy atom. The van der Waals surface area contributed by atoms with Crippen molar-refractivity contribution in [3.05, 3.63) is 71.3 Å². The molecular formula is C27H35N3O3. The van der Waals surface area contributed by atoms with Crippen LogP contribution in [0.5, 0.6) is 0 Å². The van der Waals surface area contributed by atoms with Gasteiger partial charge in [0.25, 0.3) is 0 Å². The van der Waals surface area contributed by atoms with Crippen molar-refractivity contribution in [1.29, 1.82) is 0 Å². The van der Waals surface area contributed by atoms with Crippen LogP contribution in [-0.4, -0.2) is 60.1 Å². The Hall–Kier alpha value is -2.86. The van der Waals surface area contributed by atoms with E-state index in [0.717, 1.165) is 24.8 Å². The predicted octanol–water partition coefficient (Wildman–Crippen LogP) is 3.74. The average Bonchev–Trinajstić information content (AvgIpc) is 3.19. The van der Waals surface area contributed by atoms with Gasteiger partial charge in [-0.3, -0.25) is 9.69 Å². The molecule has 2 aromatic carbocycles. The Balaban J connectivity index is 1.48. The summed E-state index contributed by atoms with van der Waals surface area (Å²) in [5.74, 6) is 0.0640. The molecule has 1 fully saturated rings. The Kier molecular flexibility index (Phi) is 6.75. The molecule has 1 atom stereocenters. The molecule has 2 aromatic rings. The molecule has 0 spiro atoms. The summed E-state index contributed by atoms with van der Waals surface area (Å²) in [5, 5.41) is 3.23. The van der Waals surface area contributed by atoms with Crippen LogP contribution in [0.2, 0.25) is 0 Å². The van der Waals surface area contributed by atoms with Crippen molar-refractivity contribution < 1.29 is 14.3 Å². The highest BCUT2D eigenvalue weighted by molar-refractivity contribution is 5.89. The lowest BCUT2D eigenvalue weighted by atomic mass is 9.87. The van der Waals surface area contributed by atoms with Crippen LogP contribution in [0.1, 0.15) is 43.9 Å². The summed E-state index contributed by atoms with van der Waals surface area (Å²) in [7, 11) is 0. The van der Waals surface area contributed by atoms with Gasteiger partial charge < -0.3 is 15.0 Å². The zero-order chi connectivity index (χ0) is 23.5. The monoisotopic (exact) mass is 449 g/mol. The molecule has 0 aromatic heterocycles. The van der Waals surface area contributed by atoms with E-state index in [-0.39, 0.29) is 12.0 Å². The van der Waals surface area contributed by atoms with Crippen molar-refractivity contribution in [3.8, 4) is 0 Å².